The van der Waals surface area contributed by atoms with Crippen LogP contribution in [0.4, 0.5) is 5.69 Å². The normalized spacial score (nSPS) is 16.1. The molecule has 124 valence electrons. The van der Waals surface area contributed by atoms with Crippen molar-refractivity contribution >= 4 is 24.0 Å². The Balaban J connectivity index is 0.00000242. The average Bonchev–Trinajstić information content (AvgIpc) is 2.49. The molecule has 1 amide bonds. The summed E-state index contributed by atoms with van der Waals surface area (Å²) in [5, 5.41) is 6.38. The molecule has 1 aliphatic heterocycles. The Morgan fingerprint density at radius 1 is 1.23 bits per heavy atom. The molecule has 5 heteroatoms. The van der Waals surface area contributed by atoms with Crippen molar-refractivity contribution in [2.75, 3.05) is 38.0 Å². The van der Waals surface area contributed by atoms with E-state index in [9.17, 15) is 4.79 Å². The first-order valence-electron chi connectivity index (χ1n) is 7.97. The SMILES string of the molecule is CCNCC1CCN(CC(=O)Nc2ccc(C)cc2)CC1.Cl. The number of halogens is 1. The van der Waals surface area contributed by atoms with Crippen LogP contribution in [0.2, 0.25) is 0 Å². The van der Waals surface area contributed by atoms with Crippen molar-refractivity contribution in [3.63, 3.8) is 0 Å². The maximum absolute atomic E-state index is 12.1. The molecule has 0 saturated carbocycles. The highest BCUT2D eigenvalue weighted by Gasteiger charge is 2.20. The number of carbonyl (C=O) groups excluding carboxylic acids is 1. The molecule has 0 radical (unpaired) electrons. The second kappa shape index (κ2) is 9.82. The van der Waals surface area contributed by atoms with Gasteiger partial charge in [0.05, 0.1) is 6.54 Å². The van der Waals surface area contributed by atoms with Crippen LogP contribution < -0.4 is 10.6 Å². The summed E-state index contributed by atoms with van der Waals surface area (Å²) in [6.45, 7) is 8.89. The number of amides is 1. The van der Waals surface area contributed by atoms with Crippen LogP contribution >= 0.6 is 12.4 Å². The molecule has 22 heavy (non-hydrogen) atoms. The Labute approximate surface area is 140 Å². The summed E-state index contributed by atoms with van der Waals surface area (Å²) in [6, 6.07) is 7.94. The zero-order valence-electron chi connectivity index (χ0n) is 13.6. The van der Waals surface area contributed by atoms with Gasteiger partial charge in [-0.25, -0.2) is 0 Å². The smallest absolute Gasteiger partial charge is 0.238 e. The monoisotopic (exact) mass is 325 g/mol. The number of rotatable bonds is 6. The summed E-state index contributed by atoms with van der Waals surface area (Å²) in [5.41, 5.74) is 2.09. The largest absolute Gasteiger partial charge is 0.325 e. The molecule has 1 saturated heterocycles. The van der Waals surface area contributed by atoms with E-state index in [1.54, 1.807) is 0 Å². The fourth-order valence-electron chi connectivity index (χ4n) is 2.74. The molecule has 2 rings (SSSR count). The number of likely N-dealkylation sites (tertiary alicyclic amines) is 1. The predicted octanol–water partition coefficient (Wildman–Crippen LogP) is 2.68. The Bertz CT molecular complexity index is 442. The van der Waals surface area contributed by atoms with Crippen molar-refractivity contribution in [3.8, 4) is 0 Å². The Morgan fingerprint density at radius 3 is 2.45 bits per heavy atom. The van der Waals surface area contributed by atoms with Crippen LogP contribution in [0, 0.1) is 12.8 Å². The van der Waals surface area contributed by atoms with E-state index in [1.807, 2.05) is 31.2 Å². The second-order valence-corrected chi connectivity index (χ2v) is 5.94. The summed E-state index contributed by atoms with van der Waals surface area (Å²) in [7, 11) is 0. The Kier molecular flexibility index (Phi) is 8.46. The highest BCUT2D eigenvalue weighted by atomic mass is 35.5. The lowest BCUT2D eigenvalue weighted by Gasteiger charge is -2.31. The first-order valence-corrected chi connectivity index (χ1v) is 7.97. The minimum absolute atomic E-state index is 0. The fraction of sp³-hybridized carbons (Fsp3) is 0.588. The van der Waals surface area contributed by atoms with Crippen LogP contribution in [-0.4, -0.2) is 43.5 Å². The molecule has 2 N–H and O–H groups in total. The third-order valence-corrected chi connectivity index (χ3v) is 4.09. The van der Waals surface area contributed by atoms with Crippen LogP contribution in [0.15, 0.2) is 24.3 Å². The minimum atomic E-state index is 0. The molecule has 0 spiro atoms. The summed E-state index contributed by atoms with van der Waals surface area (Å²) in [6.07, 6.45) is 2.37. The van der Waals surface area contributed by atoms with Gasteiger partial charge < -0.3 is 10.6 Å². The molecule has 1 aromatic carbocycles. The standard InChI is InChI=1S/C17H27N3O.ClH/c1-3-18-12-15-8-10-20(11-9-15)13-17(21)19-16-6-4-14(2)5-7-16;/h4-7,15,18H,3,8-13H2,1-2H3,(H,19,21);1H. The molecular weight excluding hydrogens is 298 g/mol. The van der Waals surface area contributed by atoms with Gasteiger partial charge in [-0.3, -0.25) is 9.69 Å². The van der Waals surface area contributed by atoms with Gasteiger partial charge in [0.15, 0.2) is 0 Å². The van der Waals surface area contributed by atoms with Crippen LogP contribution in [0.5, 0.6) is 0 Å². The van der Waals surface area contributed by atoms with E-state index in [0.717, 1.165) is 37.8 Å². The first-order chi connectivity index (χ1) is 10.2. The van der Waals surface area contributed by atoms with Gasteiger partial charge in [0.2, 0.25) is 5.91 Å². The Morgan fingerprint density at radius 2 is 1.86 bits per heavy atom. The van der Waals surface area contributed by atoms with E-state index in [-0.39, 0.29) is 18.3 Å². The molecule has 4 nitrogen and oxygen atoms in total. The number of nitrogens with one attached hydrogen (secondary N) is 2. The van der Waals surface area contributed by atoms with Crippen LogP contribution in [0.25, 0.3) is 0 Å². The molecule has 0 unspecified atom stereocenters. The van der Waals surface area contributed by atoms with E-state index in [1.165, 1.54) is 18.4 Å². The van der Waals surface area contributed by atoms with Crippen molar-refractivity contribution in [1.82, 2.24) is 10.2 Å². The zero-order valence-corrected chi connectivity index (χ0v) is 14.4. The first kappa shape index (κ1) is 18.9. The summed E-state index contributed by atoms with van der Waals surface area (Å²) in [5.74, 6) is 0.852. The maximum atomic E-state index is 12.1. The third-order valence-electron chi connectivity index (χ3n) is 4.09. The zero-order chi connectivity index (χ0) is 15.1. The van der Waals surface area contributed by atoms with E-state index < -0.39 is 0 Å². The van der Waals surface area contributed by atoms with Gasteiger partial charge in [0.25, 0.3) is 0 Å². The van der Waals surface area contributed by atoms with Crippen LogP contribution in [-0.2, 0) is 4.79 Å². The van der Waals surface area contributed by atoms with Gasteiger partial charge >= 0.3 is 0 Å². The van der Waals surface area contributed by atoms with Gasteiger partial charge in [-0.2, -0.15) is 0 Å². The van der Waals surface area contributed by atoms with Crippen LogP contribution in [0.1, 0.15) is 25.3 Å². The van der Waals surface area contributed by atoms with Crippen molar-refractivity contribution in [2.45, 2.75) is 26.7 Å². The molecule has 0 aromatic heterocycles. The number of hydrogen-bond donors (Lipinski definition) is 2. The summed E-state index contributed by atoms with van der Waals surface area (Å²) < 4.78 is 0. The van der Waals surface area contributed by atoms with Crippen molar-refractivity contribution < 1.29 is 4.79 Å². The molecule has 1 fully saturated rings. The third kappa shape index (κ3) is 6.34. The summed E-state index contributed by atoms with van der Waals surface area (Å²) in [4.78, 5) is 14.3. The lowest BCUT2D eigenvalue weighted by Crippen LogP contribution is -2.41. The topological polar surface area (TPSA) is 44.4 Å². The van der Waals surface area contributed by atoms with Gasteiger partial charge in [0, 0.05) is 5.69 Å². The molecule has 1 aromatic rings. The highest BCUT2D eigenvalue weighted by Crippen LogP contribution is 2.16. The average molecular weight is 326 g/mol. The number of anilines is 1. The molecule has 0 aliphatic carbocycles. The summed E-state index contributed by atoms with van der Waals surface area (Å²) >= 11 is 0. The lowest BCUT2D eigenvalue weighted by atomic mass is 9.97. The van der Waals surface area contributed by atoms with E-state index in [4.69, 9.17) is 0 Å². The van der Waals surface area contributed by atoms with Crippen LogP contribution in [0.3, 0.4) is 0 Å². The molecular formula is C17H28ClN3O. The quantitative estimate of drug-likeness (QED) is 0.845. The van der Waals surface area contributed by atoms with Gasteiger partial charge in [-0.15, -0.1) is 12.4 Å². The minimum Gasteiger partial charge on any atom is -0.325 e. The maximum Gasteiger partial charge on any atom is 0.238 e. The number of benzene rings is 1. The molecule has 1 heterocycles. The van der Waals surface area contributed by atoms with Gasteiger partial charge in [-0.05, 0) is 64.0 Å². The van der Waals surface area contributed by atoms with E-state index >= 15 is 0 Å². The van der Waals surface area contributed by atoms with Gasteiger partial charge in [0.1, 0.15) is 0 Å². The number of carbonyl (C=O) groups is 1. The van der Waals surface area contributed by atoms with Crippen molar-refractivity contribution in [2.24, 2.45) is 5.92 Å². The van der Waals surface area contributed by atoms with Gasteiger partial charge in [-0.1, -0.05) is 24.6 Å². The second-order valence-electron chi connectivity index (χ2n) is 5.94. The van der Waals surface area contributed by atoms with Crippen molar-refractivity contribution in [1.29, 1.82) is 0 Å². The molecule has 1 aliphatic rings. The fourth-order valence-corrected chi connectivity index (χ4v) is 2.74. The van der Waals surface area contributed by atoms with Crippen molar-refractivity contribution in [3.05, 3.63) is 29.8 Å². The number of hydrogen-bond acceptors (Lipinski definition) is 3. The van der Waals surface area contributed by atoms with E-state index in [0.29, 0.717) is 6.54 Å². The predicted molar refractivity (Wildman–Crippen MR) is 94.8 cm³/mol. The highest BCUT2D eigenvalue weighted by molar-refractivity contribution is 5.92. The number of piperidine rings is 1. The van der Waals surface area contributed by atoms with E-state index in [2.05, 4.69) is 22.5 Å². The Hall–Kier alpha value is -1.10. The number of aryl methyl sites for hydroxylation is 1. The lowest BCUT2D eigenvalue weighted by molar-refractivity contribution is -0.117. The molecule has 0 bridgehead atoms. The number of nitrogens with zero attached hydrogens (tertiary/aromatic N) is 1. The molecule has 0 atom stereocenters.